The van der Waals surface area contributed by atoms with E-state index in [1.165, 1.54) is 0 Å². The molecule has 1 aromatic rings. The summed E-state index contributed by atoms with van der Waals surface area (Å²) >= 11 is 0. The second-order valence-electron chi connectivity index (χ2n) is 5.96. The smallest absolute Gasteiger partial charge is 0.234 e. The molecule has 1 aliphatic carbocycles. The molecule has 1 saturated heterocycles. The van der Waals surface area contributed by atoms with E-state index in [9.17, 15) is 9.18 Å². The van der Waals surface area contributed by atoms with Crippen LogP contribution in [0.3, 0.4) is 0 Å². The first-order valence-electron chi connectivity index (χ1n) is 6.99. The van der Waals surface area contributed by atoms with Crippen LogP contribution in [0.1, 0.15) is 31.7 Å². The number of allylic oxidation sites excluding steroid dienone is 1. The van der Waals surface area contributed by atoms with Crippen LogP contribution in [0.5, 0.6) is 0 Å². The number of fused-ring (bicyclic) bond motifs is 1. The van der Waals surface area contributed by atoms with E-state index in [1.54, 1.807) is 6.92 Å². The van der Waals surface area contributed by atoms with Crippen LogP contribution >= 0.6 is 0 Å². The van der Waals surface area contributed by atoms with Crippen molar-refractivity contribution in [3.05, 3.63) is 41.7 Å². The van der Waals surface area contributed by atoms with Gasteiger partial charge in [0, 0.05) is 12.0 Å². The largest absolute Gasteiger partial charge is 0.368 e. The number of hydrogen-bond acceptors (Lipinski definition) is 2. The van der Waals surface area contributed by atoms with E-state index in [1.807, 2.05) is 30.3 Å². The summed E-state index contributed by atoms with van der Waals surface area (Å²) in [6, 6.07) is 9.25. The highest BCUT2D eigenvalue weighted by Crippen LogP contribution is 2.55. The number of rotatable bonds is 4. The Balaban J connectivity index is 1.74. The van der Waals surface area contributed by atoms with Crippen LogP contribution in [0.25, 0.3) is 5.57 Å². The summed E-state index contributed by atoms with van der Waals surface area (Å²) in [5.41, 5.74) is 6.66. The van der Waals surface area contributed by atoms with Crippen molar-refractivity contribution in [3.63, 3.8) is 0 Å². The lowest BCUT2D eigenvalue weighted by atomic mass is 10.0. The van der Waals surface area contributed by atoms with Gasteiger partial charge in [-0.2, -0.15) is 0 Å². The predicted octanol–water partition coefficient (Wildman–Crippen LogP) is 2.38. The van der Waals surface area contributed by atoms with Gasteiger partial charge in [-0.15, -0.1) is 0 Å². The molecule has 3 unspecified atom stereocenters. The van der Waals surface area contributed by atoms with Crippen LogP contribution in [-0.4, -0.2) is 17.5 Å². The number of piperidine rings is 1. The number of nitrogens with one attached hydrogen (secondary N) is 1. The van der Waals surface area contributed by atoms with Crippen LogP contribution in [0.4, 0.5) is 4.39 Å². The van der Waals surface area contributed by atoms with Gasteiger partial charge in [-0.1, -0.05) is 30.3 Å². The maximum Gasteiger partial charge on any atom is 0.234 e. The highest BCUT2D eigenvalue weighted by molar-refractivity contribution is 5.81. The Morgan fingerprint density at radius 2 is 2.15 bits per heavy atom. The van der Waals surface area contributed by atoms with Crippen LogP contribution in [-0.2, 0) is 4.79 Å². The van der Waals surface area contributed by atoms with Crippen molar-refractivity contribution in [2.24, 2.45) is 11.7 Å². The van der Waals surface area contributed by atoms with Gasteiger partial charge in [0.1, 0.15) is 5.83 Å². The molecule has 0 spiro atoms. The Morgan fingerprint density at radius 1 is 1.45 bits per heavy atom. The fourth-order valence-electron chi connectivity index (χ4n) is 3.27. The second-order valence-corrected chi connectivity index (χ2v) is 5.96. The zero-order valence-corrected chi connectivity index (χ0v) is 11.5. The molecule has 3 atom stereocenters. The fraction of sp³-hybridized carbons (Fsp3) is 0.438. The Kier molecular flexibility index (Phi) is 3.13. The summed E-state index contributed by atoms with van der Waals surface area (Å²) in [6.07, 6.45) is 2.03. The van der Waals surface area contributed by atoms with Gasteiger partial charge in [0.05, 0.1) is 6.04 Å². The van der Waals surface area contributed by atoms with Crippen molar-refractivity contribution in [1.29, 1.82) is 0 Å². The van der Waals surface area contributed by atoms with Gasteiger partial charge in [-0.05, 0) is 36.8 Å². The molecule has 1 aromatic carbocycles. The molecule has 1 saturated carbocycles. The zero-order chi connectivity index (χ0) is 14.3. The van der Waals surface area contributed by atoms with Gasteiger partial charge in [-0.3, -0.25) is 10.1 Å². The lowest BCUT2D eigenvalue weighted by Gasteiger charge is -2.17. The third-order valence-electron chi connectivity index (χ3n) is 4.64. The number of nitrogens with two attached hydrogens (primary N) is 1. The summed E-state index contributed by atoms with van der Waals surface area (Å²) in [4.78, 5) is 11.2. The summed E-state index contributed by atoms with van der Waals surface area (Å²) in [6.45, 7) is 1.80. The average Bonchev–Trinajstić information content (AvgIpc) is 2.98. The van der Waals surface area contributed by atoms with E-state index in [0.29, 0.717) is 17.9 Å². The van der Waals surface area contributed by atoms with Crippen LogP contribution in [0.15, 0.2) is 36.2 Å². The molecule has 1 heterocycles. The molecule has 4 heteroatoms. The van der Waals surface area contributed by atoms with Crippen LogP contribution < -0.4 is 11.1 Å². The molecule has 0 bridgehead atoms. The fourth-order valence-corrected chi connectivity index (χ4v) is 3.27. The topological polar surface area (TPSA) is 55.1 Å². The number of benzene rings is 1. The van der Waals surface area contributed by atoms with Crippen molar-refractivity contribution in [3.8, 4) is 0 Å². The van der Waals surface area contributed by atoms with Gasteiger partial charge in [0.25, 0.3) is 0 Å². The van der Waals surface area contributed by atoms with E-state index in [-0.39, 0.29) is 23.3 Å². The second kappa shape index (κ2) is 4.70. The van der Waals surface area contributed by atoms with Gasteiger partial charge in [0.15, 0.2) is 0 Å². The van der Waals surface area contributed by atoms with E-state index in [4.69, 9.17) is 5.73 Å². The third kappa shape index (κ3) is 2.24. The normalized spacial score (nSPS) is 32.5. The number of carbonyl (C=O) groups is 1. The minimum Gasteiger partial charge on any atom is -0.368 e. The lowest BCUT2D eigenvalue weighted by Crippen LogP contribution is -2.43. The van der Waals surface area contributed by atoms with Crippen molar-refractivity contribution >= 4 is 11.5 Å². The molecule has 20 heavy (non-hydrogen) atoms. The SMILES string of the molecule is C/C(=C(\F)CC12CC1CC(C(N)=O)N2)c1ccccc1. The van der Waals surface area contributed by atoms with E-state index >= 15 is 0 Å². The predicted molar refractivity (Wildman–Crippen MR) is 76.3 cm³/mol. The van der Waals surface area contributed by atoms with Gasteiger partial charge in [-0.25, -0.2) is 4.39 Å². The quantitative estimate of drug-likeness (QED) is 0.885. The lowest BCUT2D eigenvalue weighted by molar-refractivity contribution is -0.120. The summed E-state index contributed by atoms with van der Waals surface area (Å²) < 4.78 is 14.5. The minimum absolute atomic E-state index is 0.101. The molecule has 0 aromatic heterocycles. The number of halogens is 1. The molecule has 106 valence electrons. The maximum atomic E-state index is 14.5. The first-order valence-corrected chi connectivity index (χ1v) is 6.99. The van der Waals surface area contributed by atoms with Crippen molar-refractivity contribution < 1.29 is 9.18 Å². The molecule has 2 fully saturated rings. The third-order valence-corrected chi connectivity index (χ3v) is 4.64. The van der Waals surface area contributed by atoms with Crippen LogP contribution in [0, 0.1) is 5.92 Å². The highest BCUT2D eigenvalue weighted by atomic mass is 19.1. The Bertz CT molecular complexity index is 569. The summed E-state index contributed by atoms with van der Waals surface area (Å²) in [7, 11) is 0. The average molecular weight is 274 g/mol. The summed E-state index contributed by atoms with van der Waals surface area (Å²) in [5.74, 6) is -0.0496. The number of amides is 1. The molecule has 3 rings (SSSR count). The van der Waals surface area contributed by atoms with Gasteiger partial charge >= 0.3 is 0 Å². The molecule has 2 aliphatic rings. The Labute approximate surface area is 118 Å². The first-order chi connectivity index (χ1) is 9.52. The molecule has 3 N–H and O–H groups in total. The molecule has 1 amide bonds. The van der Waals surface area contributed by atoms with E-state index < -0.39 is 0 Å². The number of primary amides is 1. The van der Waals surface area contributed by atoms with Crippen molar-refractivity contribution in [2.75, 3.05) is 0 Å². The van der Waals surface area contributed by atoms with Gasteiger partial charge in [0.2, 0.25) is 5.91 Å². The van der Waals surface area contributed by atoms with Gasteiger partial charge < -0.3 is 5.73 Å². The zero-order valence-electron chi connectivity index (χ0n) is 11.5. The molecular weight excluding hydrogens is 255 g/mol. The monoisotopic (exact) mass is 274 g/mol. The highest BCUT2D eigenvalue weighted by Gasteiger charge is 2.61. The van der Waals surface area contributed by atoms with Crippen molar-refractivity contribution in [2.45, 2.75) is 37.8 Å². The standard InChI is InChI=1S/C16H19FN2O/c1-10(11-5-3-2-4-6-11)13(17)9-16-8-12(16)7-14(19-16)15(18)20/h2-6,12,14,19H,7-9H2,1H3,(H2,18,20)/b13-10+. The Hall–Kier alpha value is -1.68. The first kappa shape index (κ1) is 13.3. The van der Waals surface area contributed by atoms with E-state index in [0.717, 1.165) is 18.4 Å². The molecule has 0 radical (unpaired) electrons. The summed E-state index contributed by atoms with van der Waals surface area (Å²) in [5, 5.41) is 3.23. The van der Waals surface area contributed by atoms with Crippen molar-refractivity contribution in [1.82, 2.24) is 5.32 Å². The number of hydrogen-bond donors (Lipinski definition) is 2. The molecular formula is C16H19FN2O. The number of carbonyl (C=O) groups excluding carboxylic acids is 1. The minimum atomic E-state index is -0.333. The van der Waals surface area contributed by atoms with E-state index in [2.05, 4.69) is 5.32 Å². The van der Waals surface area contributed by atoms with Crippen LogP contribution in [0.2, 0.25) is 0 Å². The molecule has 1 aliphatic heterocycles. The maximum absolute atomic E-state index is 14.5. The Morgan fingerprint density at radius 3 is 2.75 bits per heavy atom. The molecule has 3 nitrogen and oxygen atoms in total.